The molecular formula is C12H15BrN2O5. The second-order valence-electron chi connectivity index (χ2n) is 4.55. The van der Waals surface area contributed by atoms with Crippen LogP contribution in [0.4, 0.5) is 0 Å². The molecule has 0 radical (unpaired) electrons. The molecule has 0 bridgehead atoms. The van der Waals surface area contributed by atoms with Gasteiger partial charge in [-0.1, -0.05) is 15.9 Å². The molecule has 1 aliphatic rings. The van der Waals surface area contributed by atoms with Gasteiger partial charge in [0.25, 0.3) is 5.56 Å². The largest absolute Gasteiger partial charge is 0.394 e. The summed E-state index contributed by atoms with van der Waals surface area (Å²) in [6.45, 7) is -0.0856. The Balaban J connectivity index is 2.32. The van der Waals surface area contributed by atoms with Gasteiger partial charge in [0.1, 0.15) is 6.10 Å². The molecule has 1 aromatic heterocycles. The Labute approximate surface area is 122 Å². The van der Waals surface area contributed by atoms with Gasteiger partial charge in [-0.2, -0.15) is 0 Å². The lowest BCUT2D eigenvalue weighted by Gasteiger charge is -2.33. The molecule has 3 atom stereocenters. The highest BCUT2D eigenvalue weighted by Crippen LogP contribution is 2.22. The van der Waals surface area contributed by atoms with Crippen LogP contribution in [0.2, 0.25) is 0 Å². The third-order valence-electron chi connectivity index (χ3n) is 3.26. The van der Waals surface area contributed by atoms with Gasteiger partial charge < -0.3 is 14.9 Å². The Kier molecular flexibility index (Phi) is 4.92. The molecule has 2 heterocycles. The lowest BCUT2D eigenvalue weighted by atomic mass is 10.0. The van der Waals surface area contributed by atoms with E-state index in [2.05, 4.69) is 20.9 Å². The molecule has 0 spiro atoms. The summed E-state index contributed by atoms with van der Waals surface area (Å²) in [7, 11) is 0. The quantitative estimate of drug-likeness (QED) is 0.689. The fourth-order valence-corrected chi connectivity index (χ4v) is 2.46. The van der Waals surface area contributed by atoms with E-state index in [9.17, 15) is 14.7 Å². The second kappa shape index (κ2) is 6.49. The molecule has 0 aliphatic carbocycles. The van der Waals surface area contributed by atoms with E-state index in [-0.39, 0.29) is 25.7 Å². The van der Waals surface area contributed by atoms with Crippen molar-refractivity contribution >= 4 is 22.0 Å². The van der Waals surface area contributed by atoms with E-state index in [1.165, 1.54) is 21.8 Å². The maximum atomic E-state index is 11.8. The molecule has 8 heteroatoms. The summed E-state index contributed by atoms with van der Waals surface area (Å²) < 4.78 is 6.65. The van der Waals surface area contributed by atoms with Gasteiger partial charge in [0.15, 0.2) is 0 Å². The Morgan fingerprint density at radius 2 is 2.30 bits per heavy atom. The lowest BCUT2D eigenvalue weighted by Crippen LogP contribution is -2.44. The van der Waals surface area contributed by atoms with Crippen LogP contribution in [0, 0.1) is 0 Å². The minimum atomic E-state index is -0.854. The number of aromatic amines is 1. The first-order valence-electron chi connectivity index (χ1n) is 6.09. The van der Waals surface area contributed by atoms with Gasteiger partial charge in [-0.3, -0.25) is 14.3 Å². The molecule has 1 aliphatic heterocycles. The van der Waals surface area contributed by atoms with Crippen molar-refractivity contribution in [2.45, 2.75) is 24.7 Å². The first-order valence-corrected chi connectivity index (χ1v) is 7.01. The molecule has 1 aromatic rings. The van der Waals surface area contributed by atoms with Gasteiger partial charge in [-0.15, -0.1) is 0 Å². The first-order chi connectivity index (χ1) is 9.56. The van der Waals surface area contributed by atoms with Crippen LogP contribution in [0.5, 0.6) is 0 Å². The van der Waals surface area contributed by atoms with E-state index < -0.39 is 23.5 Å². The van der Waals surface area contributed by atoms with Crippen LogP contribution in [0.3, 0.4) is 0 Å². The van der Waals surface area contributed by atoms with E-state index in [1.54, 1.807) is 0 Å². The van der Waals surface area contributed by atoms with Gasteiger partial charge in [-0.25, -0.2) is 4.79 Å². The third kappa shape index (κ3) is 3.09. The van der Waals surface area contributed by atoms with Gasteiger partial charge in [-0.05, 0) is 17.5 Å². The van der Waals surface area contributed by atoms with Gasteiger partial charge in [0.2, 0.25) is 0 Å². The number of ether oxygens (including phenoxy) is 1. The van der Waals surface area contributed by atoms with Crippen molar-refractivity contribution in [3.8, 4) is 0 Å². The van der Waals surface area contributed by atoms with Crippen molar-refractivity contribution in [2.24, 2.45) is 0 Å². The second-order valence-corrected chi connectivity index (χ2v) is 5.08. The fraction of sp³-hybridized carbons (Fsp3) is 0.500. The number of nitrogens with one attached hydrogen (secondary N) is 1. The molecule has 20 heavy (non-hydrogen) atoms. The summed E-state index contributed by atoms with van der Waals surface area (Å²) in [5.74, 6) is 0. The van der Waals surface area contributed by atoms with Crippen molar-refractivity contribution in [3.05, 3.63) is 37.6 Å². The van der Waals surface area contributed by atoms with E-state index in [0.717, 1.165) is 0 Å². The summed E-state index contributed by atoms with van der Waals surface area (Å²) in [6.07, 6.45) is 1.73. The van der Waals surface area contributed by atoms with E-state index in [4.69, 9.17) is 9.84 Å². The highest BCUT2D eigenvalue weighted by Gasteiger charge is 2.31. The lowest BCUT2D eigenvalue weighted by molar-refractivity contribution is -0.113. The number of halogens is 1. The summed E-state index contributed by atoms with van der Waals surface area (Å²) >= 11 is 3.07. The van der Waals surface area contributed by atoms with Crippen LogP contribution in [0.1, 0.15) is 18.0 Å². The number of aliphatic hydroxyl groups excluding tert-OH is 2. The molecule has 1 saturated heterocycles. The standard InChI is InChI=1S/C12H15BrN2O5/c13-2-1-7-4-15(12(19)14-11(7)18)8-3-9(17)10(5-16)20-6-8/h1-2,4,8-10,16-17H,3,5-6H2,(H,14,18,19)/b2-1+/t8-,9-,10+/m0/s1. The summed E-state index contributed by atoms with van der Waals surface area (Å²) in [5, 5.41) is 18.8. The highest BCUT2D eigenvalue weighted by atomic mass is 79.9. The van der Waals surface area contributed by atoms with Gasteiger partial charge in [0, 0.05) is 6.20 Å². The number of aliphatic hydroxyl groups is 2. The van der Waals surface area contributed by atoms with Crippen LogP contribution in [0.15, 0.2) is 20.8 Å². The molecule has 0 amide bonds. The zero-order valence-electron chi connectivity index (χ0n) is 10.5. The van der Waals surface area contributed by atoms with E-state index >= 15 is 0 Å². The van der Waals surface area contributed by atoms with Crippen LogP contribution >= 0.6 is 15.9 Å². The highest BCUT2D eigenvalue weighted by molar-refractivity contribution is 9.11. The monoisotopic (exact) mass is 346 g/mol. The minimum Gasteiger partial charge on any atom is -0.394 e. The Hall–Kier alpha value is -1.22. The molecule has 2 rings (SSSR count). The summed E-state index contributed by atoms with van der Waals surface area (Å²) in [6, 6.07) is -0.389. The van der Waals surface area contributed by atoms with Crippen molar-refractivity contribution < 1.29 is 14.9 Å². The number of nitrogens with zero attached hydrogens (tertiary/aromatic N) is 1. The SMILES string of the molecule is O=c1[nH]c(=O)n([C@@H]2CO[C@H](CO)[C@@H](O)C2)cc1/C=C/Br. The first kappa shape index (κ1) is 15.2. The molecule has 7 nitrogen and oxygen atoms in total. The number of hydrogen-bond donors (Lipinski definition) is 3. The summed E-state index contributed by atoms with van der Waals surface area (Å²) in [5.41, 5.74) is -0.710. The predicted octanol–water partition coefficient (Wildman–Crippen LogP) is -0.415. The molecule has 110 valence electrons. The number of aromatic nitrogens is 2. The van der Waals surface area contributed by atoms with E-state index in [0.29, 0.717) is 5.56 Å². The van der Waals surface area contributed by atoms with Crippen LogP contribution in [0.25, 0.3) is 6.08 Å². The maximum Gasteiger partial charge on any atom is 0.328 e. The molecule has 0 unspecified atom stereocenters. The maximum absolute atomic E-state index is 11.8. The Morgan fingerprint density at radius 1 is 1.55 bits per heavy atom. The van der Waals surface area contributed by atoms with Crippen LogP contribution in [-0.4, -0.2) is 45.2 Å². The zero-order valence-corrected chi connectivity index (χ0v) is 12.1. The van der Waals surface area contributed by atoms with E-state index in [1.807, 2.05) is 0 Å². The zero-order chi connectivity index (χ0) is 14.7. The number of H-pyrrole nitrogens is 1. The van der Waals surface area contributed by atoms with Crippen LogP contribution < -0.4 is 11.2 Å². The predicted molar refractivity (Wildman–Crippen MR) is 75.8 cm³/mol. The molecular weight excluding hydrogens is 332 g/mol. The third-order valence-corrected chi connectivity index (χ3v) is 3.52. The minimum absolute atomic E-state index is 0.186. The van der Waals surface area contributed by atoms with Crippen molar-refractivity contribution in [3.63, 3.8) is 0 Å². The van der Waals surface area contributed by atoms with Crippen molar-refractivity contribution in [1.82, 2.24) is 9.55 Å². The Morgan fingerprint density at radius 3 is 2.90 bits per heavy atom. The average Bonchev–Trinajstić information content (AvgIpc) is 2.42. The molecule has 1 fully saturated rings. The average molecular weight is 347 g/mol. The smallest absolute Gasteiger partial charge is 0.328 e. The van der Waals surface area contributed by atoms with Gasteiger partial charge in [0.05, 0.1) is 30.9 Å². The normalized spacial score (nSPS) is 27.1. The fourth-order valence-electron chi connectivity index (χ4n) is 2.17. The molecule has 3 N–H and O–H groups in total. The topological polar surface area (TPSA) is 105 Å². The van der Waals surface area contributed by atoms with Crippen molar-refractivity contribution in [1.29, 1.82) is 0 Å². The number of rotatable bonds is 3. The van der Waals surface area contributed by atoms with Crippen molar-refractivity contribution in [2.75, 3.05) is 13.2 Å². The number of hydrogen-bond acceptors (Lipinski definition) is 5. The Bertz CT molecular complexity index is 609. The summed E-state index contributed by atoms with van der Waals surface area (Å²) in [4.78, 5) is 27.1. The molecule has 0 saturated carbocycles. The molecule has 0 aromatic carbocycles. The van der Waals surface area contributed by atoms with Gasteiger partial charge >= 0.3 is 5.69 Å². The van der Waals surface area contributed by atoms with Crippen LogP contribution in [-0.2, 0) is 4.74 Å².